The zero-order valence-electron chi connectivity index (χ0n) is 13.6. The van der Waals surface area contributed by atoms with Crippen LogP contribution in [0.25, 0.3) is 0 Å². The molecule has 1 rings (SSSR count). The smallest absolute Gasteiger partial charge is 0.220 e. The van der Waals surface area contributed by atoms with Crippen LogP contribution in [0.15, 0.2) is 35.7 Å². The second kappa shape index (κ2) is 9.16. The minimum atomic E-state index is 0.0900. The number of rotatable bonds is 8. The Balaban J connectivity index is 2.18. The zero-order valence-corrected chi connectivity index (χ0v) is 13.6. The molecule has 1 amide bonds. The Kier molecular flexibility index (Phi) is 7.51. The average molecular weight is 289 g/mol. The van der Waals surface area contributed by atoms with E-state index >= 15 is 0 Å². The highest BCUT2D eigenvalue weighted by Crippen LogP contribution is 2.06. The number of hydrogen-bond donors (Lipinski definition) is 1. The first-order chi connectivity index (χ1) is 9.97. The fourth-order valence-corrected chi connectivity index (χ4v) is 1.98. The van der Waals surface area contributed by atoms with Crippen molar-refractivity contribution in [2.45, 2.75) is 46.5 Å². The highest BCUT2D eigenvalue weighted by atomic mass is 16.1. The first kappa shape index (κ1) is 17.2. The molecule has 0 aliphatic rings. The van der Waals surface area contributed by atoms with Crippen molar-refractivity contribution in [3.05, 3.63) is 41.3 Å². The van der Waals surface area contributed by atoms with Crippen LogP contribution in [0.5, 0.6) is 0 Å². The third-order valence-corrected chi connectivity index (χ3v) is 3.24. The normalized spacial score (nSPS) is 11.3. The Morgan fingerprint density at radius 2 is 2.05 bits per heavy atom. The number of nitrogens with one attached hydrogen (secondary N) is 1. The minimum absolute atomic E-state index is 0.0900. The largest absolute Gasteiger partial charge is 0.353 e. The summed E-state index contributed by atoms with van der Waals surface area (Å²) in [4.78, 5) is 11.7. The lowest BCUT2D eigenvalue weighted by Gasteiger charge is -2.03. The maximum atomic E-state index is 11.7. The maximum absolute atomic E-state index is 11.7. The van der Waals surface area contributed by atoms with Crippen molar-refractivity contribution in [3.8, 4) is 0 Å². The first-order valence-electron chi connectivity index (χ1n) is 7.50. The number of nitrogens with zero attached hydrogens (tertiary/aromatic N) is 2. The Labute approximate surface area is 127 Å². The average Bonchev–Trinajstić information content (AvgIpc) is 2.82. The van der Waals surface area contributed by atoms with Crippen molar-refractivity contribution in [1.29, 1.82) is 0 Å². The van der Waals surface area contributed by atoms with Gasteiger partial charge in [0.05, 0.1) is 6.20 Å². The van der Waals surface area contributed by atoms with Crippen molar-refractivity contribution in [2.75, 3.05) is 6.54 Å². The van der Waals surface area contributed by atoms with Gasteiger partial charge in [-0.25, -0.2) is 0 Å². The van der Waals surface area contributed by atoms with Crippen LogP contribution in [-0.2, 0) is 18.3 Å². The predicted molar refractivity (Wildman–Crippen MR) is 87.0 cm³/mol. The van der Waals surface area contributed by atoms with E-state index in [1.54, 1.807) is 10.9 Å². The molecule has 0 unspecified atom stereocenters. The summed E-state index contributed by atoms with van der Waals surface area (Å²) in [6.07, 6.45) is 11.5. The lowest BCUT2D eigenvalue weighted by Crippen LogP contribution is -2.23. The van der Waals surface area contributed by atoms with Crippen LogP contribution in [0.2, 0.25) is 0 Å². The number of carbonyl (C=O) groups is 1. The van der Waals surface area contributed by atoms with Gasteiger partial charge in [0, 0.05) is 26.2 Å². The van der Waals surface area contributed by atoms with E-state index in [1.807, 2.05) is 13.2 Å². The van der Waals surface area contributed by atoms with Gasteiger partial charge < -0.3 is 5.32 Å². The van der Waals surface area contributed by atoms with Crippen LogP contribution in [0, 0.1) is 0 Å². The SMILES string of the molecule is CC(C)=CCC/C(C)=C/CNC(=O)CCc1cnn(C)c1. The first-order valence-corrected chi connectivity index (χ1v) is 7.50. The van der Waals surface area contributed by atoms with E-state index in [9.17, 15) is 4.79 Å². The molecule has 0 bridgehead atoms. The fraction of sp³-hybridized carbons (Fsp3) is 0.529. The molecular weight excluding hydrogens is 262 g/mol. The molecule has 0 aliphatic carbocycles. The summed E-state index contributed by atoms with van der Waals surface area (Å²) in [5, 5.41) is 7.02. The molecule has 0 atom stereocenters. The Bertz CT molecular complexity index is 508. The summed E-state index contributed by atoms with van der Waals surface area (Å²) in [6.45, 7) is 6.95. The van der Waals surface area contributed by atoms with Crippen LogP contribution in [0.4, 0.5) is 0 Å². The zero-order chi connectivity index (χ0) is 15.7. The minimum Gasteiger partial charge on any atom is -0.353 e. The molecule has 1 aromatic heterocycles. The molecule has 4 heteroatoms. The number of aryl methyl sites for hydroxylation is 2. The van der Waals surface area contributed by atoms with Gasteiger partial charge in [0.1, 0.15) is 0 Å². The van der Waals surface area contributed by atoms with Gasteiger partial charge >= 0.3 is 0 Å². The van der Waals surface area contributed by atoms with E-state index in [4.69, 9.17) is 0 Å². The van der Waals surface area contributed by atoms with Gasteiger partial charge in [-0.1, -0.05) is 23.3 Å². The van der Waals surface area contributed by atoms with E-state index in [1.165, 1.54) is 11.1 Å². The van der Waals surface area contributed by atoms with Crippen LogP contribution >= 0.6 is 0 Å². The van der Waals surface area contributed by atoms with E-state index < -0.39 is 0 Å². The van der Waals surface area contributed by atoms with Crippen LogP contribution < -0.4 is 5.32 Å². The Morgan fingerprint density at radius 1 is 1.29 bits per heavy atom. The second-order valence-corrected chi connectivity index (χ2v) is 5.70. The van der Waals surface area contributed by atoms with Crippen molar-refractivity contribution in [3.63, 3.8) is 0 Å². The highest BCUT2D eigenvalue weighted by molar-refractivity contribution is 5.76. The van der Waals surface area contributed by atoms with Gasteiger partial charge in [-0.15, -0.1) is 0 Å². The third-order valence-electron chi connectivity index (χ3n) is 3.24. The number of carbonyl (C=O) groups excluding carboxylic acids is 1. The van der Waals surface area contributed by atoms with Crippen molar-refractivity contribution in [2.24, 2.45) is 7.05 Å². The molecular formula is C17H27N3O. The number of amides is 1. The highest BCUT2D eigenvalue weighted by Gasteiger charge is 2.02. The molecule has 0 fully saturated rings. The number of aromatic nitrogens is 2. The molecule has 1 heterocycles. The second-order valence-electron chi connectivity index (χ2n) is 5.70. The van der Waals surface area contributed by atoms with E-state index in [2.05, 4.69) is 43.3 Å². The van der Waals surface area contributed by atoms with Gasteiger partial charge in [0.15, 0.2) is 0 Å². The van der Waals surface area contributed by atoms with Gasteiger partial charge in [-0.05, 0) is 45.6 Å². The van der Waals surface area contributed by atoms with E-state index in [0.29, 0.717) is 13.0 Å². The van der Waals surface area contributed by atoms with Gasteiger partial charge in [0.25, 0.3) is 0 Å². The fourth-order valence-electron chi connectivity index (χ4n) is 1.98. The van der Waals surface area contributed by atoms with E-state index in [-0.39, 0.29) is 5.91 Å². The van der Waals surface area contributed by atoms with Crippen LogP contribution in [-0.4, -0.2) is 22.2 Å². The molecule has 1 N–H and O–H groups in total. The quantitative estimate of drug-likeness (QED) is 0.747. The molecule has 4 nitrogen and oxygen atoms in total. The monoisotopic (exact) mass is 289 g/mol. The molecule has 0 saturated carbocycles. The van der Waals surface area contributed by atoms with Gasteiger partial charge in [0.2, 0.25) is 5.91 Å². The Morgan fingerprint density at radius 3 is 2.67 bits per heavy atom. The summed E-state index contributed by atoms with van der Waals surface area (Å²) in [5.41, 5.74) is 3.77. The van der Waals surface area contributed by atoms with Gasteiger partial charge in [-0.2, -0.15) is 5.10 Å². The standard InChI is InChI=1S/C17H27N3O/c1-14(2)6-5-7-15(3)10-11-18-17(21)9-8-16-12-19-20(4)13-16/h6,10,12-13H,5,7-9,11H2,1-4H3,(H,18,21)/b15-10+. The third kappa shape index (κ3) is 8.12. The molecule has 21 heavy (non-hydrogen) atoms. The lowest BCUT2D eigenvalue weighted by atomic mass is 10.1. The molecule has 116 valence electrons. The molecule has 0 aromatic carbocycles. The topological polar surface area (TPSA) is 46.9 Å². The van der Waals surface area contributed by atoms with E-state index in [0.717, 1.165) is 24.8 Å². The molecule has 0 aliphatic heterocycles. The predicted octanol–water partition coefficient (Wildman–Crippen LogP) is 3.16. The summed E-state index contributed by atoms with van der Waals surface area (Å²) >= 11 is 0. The van der Waals surface area contributed by atoms with Gasteiger partial charge in [-0.3, -0.25) is 9.48 Å². The van der Waals surface area contributed by atoms with Crippen molar-refractivity contribution in [1.82, 2.24) is 15.1 Å². The molecule has 0 radical (unpaired) electrons. The Hall–Kier alpha value is -1.84. The number of allylic oxidation sites excluding steroid dienone is 3. The summed E-state index contributed by atoms with van der Waals surface area (Å²) in [5.74, 6) is 0.0900. The number of hydrogen-bond acceptors (Lipinski definition) is 2. The summed E-state index contributed by atoms with van der Waals surface area (Å²) < 4.78 is 1.76. The van der Waals surface area contributed by atoms with Crippen LogP contribution in [0.3, 0.4) is 0 Å². The van der Waals surface area contributed by atoms with Crippen LogP contribution in [0.1, 0.15) is 45.6 Å². The van der Waals surface area contributed by atoms with Crippen molar-refractivity contribution < 1.29 is 4.79 Å². The lowest BCUT2D eigenvalue weighted by molar-refractivity contribution is -0.120. The molecule has 0 spiro atoms. The maximum Gasteiger partial charge on any atom is 0.220 e. The van der Waals surface area contributed by atoms with Crippen molar-refractivity contribution >= 4 is 5.91 Å². The molecule has 1 aromatic rings. The summed E-state index contributed by atoms with van der Waals surface area (Å²) in [7, 11) is 1.88. The summed E-state index contributed by atoms with van der Waals surface area (Å²) in [6, 6.07) is 0. The molecule has 0 saturated heterocycles.